The molecule has 4 aromatic rings. The molecule has 3 aromatic carbocycles. The van der Waals surface area contributed by atoms with Gasteiger partial charge in [0.1, 0.15) is 0 Å². The molecule has 0 bridgehead atoms. The fourth-order valence-electron chi connectivity index (χ4n) is 4.51. The van der Waals surface area contributed by atoms with Crippen LogP contribution in [0.1, 0.15) is 28.4 Å². The van der Waals surface area contributed by atoms with E-state index in [-0.39, 0.29) is 5.97 Å². The fourth-order valence-corrected chi connectivity index (χ4v) is 4.51. The predicted molar refractivity (Wildman–Crippen MR) is 146 cm³/mol. The maximum Gasteiger partial charge on any atom is 0.337 e. The Morgan fingerprint density at radius 1 is 0.737 bits per heavy atom. The Hall–Kier alpha value is -4.46. The summed E-state index contributed by atoms with van der Waals surface area (Å²) in [6.45, 7) is 2.60. The van der Waals surface area contributed by atoms with Crippen molar-refractivity contribution in [2.24, 2.45) is 0 Å². The van der Waals surface area contributed by atoms with Gasteiger partial charge in [-0.3, -0.25) is 4.68 Å². The van der Waals surface area contributed by atoms with Gasteiger partial charge in [-0.15, -0.1) is 0 Å². The summed E-state index contributed by atoms with van der Waals surface area (Å²) in [4.78, 5) is 11.9. The van der Waals surface area contributed by atoms with E-state index in [2.05, 4.69) is 6.92 Å². The quantitative estimate of drug-likeness (QED) is 0.252. The zero-order chi connectivity index (χ0) is 27.2. The summed E-state index contributed by atoms with van der Waals surface area (Å²) in [5.41, 5.74) is 6.25. The minimum atomic E-state index is -0.370. The number of nitrogens with zero attached hydrogens (tertiary/aromatic N) is 2. The van der Waals surface area contributed by atoms with Gasteiger partial charge in [-0.2, -0.15) is 5.10 Å². The van der Waals surface area contributed by atoms with Crippen molar-refractivity contribution < 1.29 is 28.5 Å². The first kappa shape index (κ1) is 26.6. The fraction of sp³-hybridized carbons (Fsp3) is 0.267. The Bertz CT molecular complexity index is 1430. The zero-order valence-electron chi connectivity index (χ0n) is 22.5. The molecule has 38 heavy (non-hydrogen) atoms. The molecule has 0 amide bonds. The molecule has 8 heteroatoms. The average Bonchev–Trinajstić information content (AvgIpc) is 3.34. The number of methoxy groups -OCH3 is 5. The number of hydrogen-bond donors (Lipinski definition) is 0. The van der Waals surface area contributed by atoms with Crippen molar-refractivity contribution in [3.63, 3.8) is 0 Å². The second kappa shape index (κ2) is 11.7. The Labute approximate surface area is 222 Å². The van der Waals surface area contributed by atoms with Gasteiger partial charge in [0.2, 0.25) is 0 Å². The molecule has 0 unspecified atom stereocenters. The number of aromatic nitrogens is 2. The Morgan fingerprint density at radius 3 is 1.82 bits per heavy atom. The monoisotopic (exact) mass is 516 g/mol. The van der Waals surface area contributed by atoms with E-state index in [1.54, 1.807) is 40.6 Å². The lowest BCUT2D eigenvalue weighted by Gasteiger charge is -2.13. The van der Waals surface area contributed by atoms with Crippen LogP contribution < -0.4 is 18.9 Å². The van der Waals surface area contributed by atoms with Gasteiger partial charge < -0.3 is 23.7 Å². The highest BCUT2D eigenvalue weighted by Gasteiger charge is 2.22. The molecule has 0 aliphatic carbocycles. The van der Waals surface area contributed by atoms with E-state index in [4.69, 9.17) is 28.8 Å². The molecule has 4 rings (SSSR count). The van der Waals surface area contributed by atoms with Crippen molar-refractivity contribution in [2.45, 2.75) is 19.9 Å². The molecule has 0 saturated heterocycles. The molecule has 1 heterocycles. The van der Waals surface area contributed by atoms with E-state index >= 15 is 0 Å². The lowest BCUT2D eigenvalue weighted by atomic mass is 9.99. The third-order valence-corrected chi connectivity index (χ3v) is 6.43. The molecule has 0 atom stereocenters. The third kappa shape index (κ3) is 5.16. The summed E-state index contributed by atoms with van der Waals surface area (Å²) >= 11 is 0. The molecule has 0 fully saturated rings. The summed E-state index contributed by atoms with van der Waals surface area (Å²) in [6.07, 6.45) is 0.745. The van der Waals surface area contributed by atoms with Gasteiger partial charge in [0, 0.05) is 16.7 Å². The number of benzene rings is 3. The molecule has 0 saturated carbocycles. The van der Waals surface area contributed by atoms with E-state index in [1.165, 1.54) is 7.11 Å². The van der Waals surface area contributed by atoms with Crippen LogP contribution in [0, 0.1) is 0 Å². The number of esters is 1. The lowest BCUT2D eigenvalue weighted by Crippen LogP contribution is -2.06. The molecule has 0 aliphatic heterocycles. The second-order valence-corrected chi connectivity index (χ2v) is 8.51. The first-order valence-electron chi connectivity index (χ1n) is 12.2. The summed E-state index contributed by atoms with van der Waals surface area (Å²) in [6, 6.07) is 19.0. The maximum atomic E-state index is 11.9. The summed E-state index contributed by atoms with van der Waals surface area (Å²) in [7, 11) is 7.85. The highest BCUT2D eigenvalue weighted by molar-refractivity contribution is 5.89. The van der Waals surface area contributed by atoms with Crippen molar-refractivity contribution in [1.29, 1.82) is 0 Å². The minimum Gasteiger partial charge on any atom is -0.493 e. The van der Waals surface area contributed by atoms with E-state index < -0.39 is 0 Å². The zero-order valence-corrected chi connectivity index (χ0v) is 22.5. The van der Waals surface area contributed by atoms with Gasteiger partial charge in [0.15, 0.2) is 23.0 Å². The van der Waals surface area contributed by atoms with Crippen LogP contribution in [0.15, 0.2) is 60.7 Å². The first-order valence-corrected chi connectivity index (χ1v) is 12.2. The first-order chi connectivity index (χ1) is 18.5. The van der Waals surface area contributed by atoms with Crippen molar-refractivity contribution in [3.8, 4) is 45.5 Å². The van der Waals surface area contributed by atoms with Gasteiger partial charge in [-0.05, 0) is 60.5 Å². The minimum absolute atomic E-state index is 0.370. The van der Waals surface area contributed by atoms with Crippen molar-refractivity contribution in [3.05, 3.63) is 77.4 Å². The van der Waals surface area contributed by atoms with Crippen molar-refractivity contribution in [1.82, 2.24) is 9.78 Å². The summed E-state index contributed by atoms with van der Waals surface area (Å²) in [5.74, 6) is 2.20. The molecule has 198 valence electrons. The number of carbonyl (C=O) groups excluding carboxylic acids is 1. The van der Waals surface area contributed by atoms with Crippen LogP contribution >= 0.6 is 0 Å². The van der Waals surface area contributed by atoms with Gasteiger partial charge in [-0.1, -0.05) is 19.1 Å². The van der Waals surface area contributed by atoms with Crippen molar-refractivity contribution >= 4 is 5.97 Å². The largest absolute Gasteiger partial charge is 0.493 e. The van der Waals surface area contributed by atoms with Crippen LogP contribution in [0.4, 0.5) is 0 Å². The van der Waals surface area contributed by atoms with Gasteiger partial charge in [0.25, 0.3) is 0 Å². The standard InChI is InChI=1S/C30H32N2O6/c1-7-23-28(21-12-14-24(34-2)26(16-21)36-4)31-32(18-19-8-10-20(11-9-19)30(33)38-6)29(23)22-13-15-25(35-3)27(17-22)37-5/h8-17H,7,18H2,1-6H3. The van der Waals surface area contributed by atoms with E-state index in [9.17, 15) is 4.79 Å². The molecule has 8 nitrogen and oxygen atoms in total. The second-order valence-electron chi connectivity index (χ2n) is 8.51. The van der Waals surface area contributed by atoms with Crippen LogP contribution in [0.5, 0.6) is 23.0 Å². The molecule has 0 N–H and O–H groups in total. The molecule has 0 aliphatic rings. The number of rotatable bonds is 10. The Kier molecular flexibility index (Phi) is 8.21. The van der Waals surface area contributed by atoms with Crippen LogP contribution in [-0.4, -0.2) is 51.3 Å². The van der Waals surface area contributed by atoms with Gasteiger partial charge in [-0.25, -0.2) is 4.79 Å². The van der Waals surface area contributed by atoms with Crippen molar-refractivity contribution in [2.75, 3.05) is 35.5 Å². The average molecular weight is 517 g/mol. The Balaban J connectivity index is 1.89. The summed E-state index contributed by atoms with van der Waals surface area (Å²) < 4.78 is 28.9. The number of carbonyl (C=O) groups is 1. The topological polar surface area (TPSA) is 81.0 Å². The SMILES string of the molecule is CCc1c(-c2ccc(OC)c(OC)c2)nn(Cc2ccc(C(=O)OC)cc2)c1-c1ccc(OC)c(OC)c1. The third-order valence-electron chi connectivity index (χ3n) is 6.43. The predicted octanol–water partition coefficient (Wildman–Crippen LogP) is 5.65. The highest BCUT2D eigenvalue weighted by Crippen LogP contribution is 2.39. The molecular formula is C30H32N2O6. The van der Waals surface area contributed by atoms with Gasteiger partial charge in [0.05, 0.1) is 59.0 Å². The van der Waals surface area contributed by atoms with Gasteiger partial charge >= 0.3 is 5.97 Å². The van der Waals surface area contributed by atoms with E-state index in [1.807, 2.05) is 53.2 Å². The summed E-state index contributed by atoms with van der Waals surface area (Å²) in [5, 5.41) is 5.08. The smallest absolute Gasteiger partial charge is 0.337 e. The Morgan fingerprint density at radius 2 is 1.29 bits per heavy atom. The normalized spacial score (nSPS) is 10.7. The molecule has 0 spiro atoms. The van der Waals surface area contributed by atoms with Crippen LogP contribution in [0.3, 0.4) is 0 Å². The number of hydrogen-bond acceptors (Lipinski definition) is 7. The van der Waals surface area contributed by atoms with Crippen LogP contribution in [-0.2, 0) is 17.7 Å². The maximum absolute atomic E-state index is 11.9. The van der Waals surface area contributed by atoms with E-state index in [0.29, 0.717) is 35.1 Å². The molecule has 1 aromatic heterocycles. The van der Waals surface area contributed by atoms with E-state index in [0.717, 1.165) is 40.1 Å². The van der Waals surface area contributed by atoms with Crippen LogP contribution in [0.2, 0.25) is 0 Å². The molecular weight excluding hydrogens is 484 g/mol. The lowest BCUT2D eigenvalue weighted by molar-refractivity contribution is 0.0600. The van der Waals surface area contributed by atoms with Crippen LogP contribution in [0.25, 0.3) is 22.5 Å². The highest BCUT2D eigenvalue weighted by atomic mass is 16.5. The number of ether oxygens (including phenoxy) is 5. The molecule has 0 radical (unpaired) electrons.